The van der Waals surface area contributed by atoms with E-state index in [-0.39, 0.29) is 18.3 Å². The maximum atomic E-state index is 13.9. The molecule has 1 heterocycles. The van der Waals surface area contributed by atoms with Crippen molar-refractivity contribution in [2.24, 2.45) is 22.7 Å². The van der Waals surface area contributed by atoms with Crippen molar-refractivity contribution in [3.05, 3.63) is 64.2 Å². The van der Waals surface area contributed by atoms with Gasteiger partial charge in [0.15, 0.2) is 0 Å². The summed E-state index contributed by atoms with van der Waals surface area (Å²) in [5.41, 5.74) is 2.40. The molecule has 2 amide bonds. The number of nitrogens with zero attached hydrogens (tertiary/aromatic N) is 1. The molecular weight excluding hydrogens is 595 g/mol. The summed E-state index contributed by atoms with van der Waals surface area (Å²) in [4.78, 5) is 45.5. The molecule has 0 radical (unpaired) electrons. The largest absolute Gasteiger partial charge is 0.460 e. The van der Waals surface area contributed by atoms with Gasteiger partial charge in [0, 0.05) is 22.6 Å². The van der Waals surface area contributed by atoms with Gasteiger partial charge in [-0.25, -0.2) is 4.99 Å². The van der Waals surface area contributed by atoms with E-state index in [2.05, 4.69) is 15.6 Å². The molecule has 11 heteroatoms. The van der Waals surface area contributed by atoms with E-state index in [9.17, 15) is 27.6 Å². The number of para-hydroxylation sites is 1. The lowest BCUT2D eigenvalue weighted by Crippen LogP contribution is -2.48. The van der Waals surface area contributed by atoms with Gasteiger partial charge >= 0.3 is 12.1 Å². The highest BCUT2D eigenvalue weighted by atomic mass is 35.5. The van der Waals surface area contributed by atoms with E-state index in [0.29, 0.717) is 27.5 Å². The zero-order valence-corrected chi connectivity index (χ0v) is 25.7. The fourth-order valence-corrected chi connectivity index (χ4v) is 5.74. The van der Waals surface area contributed by atoms with Crippen LogP contribution in [0.1, 0.15) is 88.3 Å². The Labute approximate surface area is 260 Å². The maximum Gasteiger partial charge on any atom is 0.389 e. The minimum absolute atomic E-state index is 0.125. The average molecular weight is 632 g/mol. The summed E-state index contributed by atoms with van der Waals surface area (Å²) in [7, 11) is 0. The lowest BCUT2D eigenvalue weighted by atomic mass is 9.83. The molecule has 7 nitrogen and oxygen atoms in total. The average Bonchev–Trinajstić information content (AvgIpc) is 3.84. The number of ether oxygens (including phenoxy) is 1. The van der Waals surface area contributed by atoms with Gasteiger partial charge in [-0.15, -0.1) is 0 Å². The number of carbonyl (C=O) groups excluding carboxylic acids is 3. The van der Waals surface area contributed by atoms with Crippen LogP contribution in [0, 0.1) is 17.8 Å². The van der Waals surface area contributed by atoms with Gasteiger partial charge in [0.1, 0.15) is 5.60 Å². The number of rotatable bonds is 10. The van der Waals surface area contributed by atoms with Crippen molar-refractivity contribution in [3.8, 4) is 0 Å². The fourth-order valence-electron chi connectivity index (χ4n) is 5.62. The van der Waals surface area contributed by atoms with E-state index in [1.165, 1.54) is 0 Å². The highest BCUT2D eigenvalue weighted by molar-refractivity contribution is 6.31. The molecule has 0 spiro atoms. The summed E-state index contributed by atoms with van der Waals surface area (Å²) in [6.07, 6.45) is -4.04. The molecule has 44 heavy (non-hydrogen) atoms. The van der Waals surface area contributed by atoms with Crippen molar-refractivity contribution >= 4 is 40.8 Å². The first kappa shape index (κ1) is 32.0. The normalized spacial score (nSPS) is 20.0. The molecule has 1 aliphatic heterocycles. The number of nitrogens with one attached hydrogen (secondary N) is 2. The zero-order chi connectivity index (χ0) is 31.8. The number of halogens is 4. The SMILES string of the molecule is CC(C)(C)OC(=O)[C@@H](CC1CC1)[C@@H](CCC(F)(F)F)C(=O)N[C@@H]1N=C(c2ccc(Cl)cc2)c2cccc(C3CC3)c2NC1=O. The highest BCUT2D eigenvalue weighted by Crippen LogP contribution is 2.45. The Bertz CT molecular complexity index is 1440. The molecule has 2 aromatic rings. The van der Waals surface area contributed by atoms with Crippen LogP contribution in [0.5, 0.6) is 0 Å². The number of amides is 2. The molecule has 2 aromatic carbocycles. The minimum atomic E-state index is -4.54. The van der Waals surface area contributed by atoms with Gasteiger partial charge in [-0.3, -0.25) is 14.4 Å². The van der Waals surface area contributed by atoms with Gasteiger partial charge in [0.2, 0.25) is 12.1 Å². The number of aliphatic imine (C=N–C) groups is 1. The standard InChI is InChI=1S/C33H37ClF3N3O4/c1-32(2,3)44-31(43)25(17-18-7-8-18)23(15-16-33(35,36)37)29(41)40-28-30(42)39-27-22(19-9-10-19)5-4-6-24(27)26(38-28)20-11-13-21(34)14-12-20/h4-6,11-14,18-19,23,25,28H,7-10,15-17H2,1-3H3,(H,39,42)(H,40,41)/t23-,25+,28+/m1/s1. The smallest absolute Gasteiger partial charge is 0.389 e. The monoisotopic (exact) mass is 631 g/mol. The number of benzodiazepines with no additional fused rings is 1. The Balaban J connectivity index is 1.50. The summed E-state index contributed by atoms with van der Waals surface area (Å²) >= 11 is 6.13. The molecule has 3 aliphatic rings. The number of carbonyl (C=O) groups is 3. The van der Waals surface area contributed by atoms with Gasteiger partial charge in [-0.2, -0.15) is 13.2 Å². The predicted molar refractivity (Wildman–Crippen MR) is 162 cm³/mol. The van der Waals surface area contributed by atoms with Crippen molar-refractivity contribution in [2.45, 2.75) is 89.6 Å². The molecule has 2 saturated carbocycles. The summed E-state index contributed by atoms with van der Waals surface area (Å²) in [6, 6.07) is 12.6. The summed E-state index contributed by atoms with van der Waals surface area (Å²) in [5.74, 6) is -4.26. The van der Waals surface area contributed by atoms with E-state index in [1.807, 2.05) is 18.2 Å². The summed E-state index contributed by atoms with van der Waals surface area (Å²) in [6.45, 7) is 5.00. The molecule has 2 N–H and O–H groups in total. The number of hydrogen-bond donors (Lipinski definition) is 2. The Morgan fingerprint density at radius 1 is 1.05 bits per heavy atom. The van der Waals surface area contributed by atoms with Crippen LogP contribution in [0.2, 0.25) is 5.02 Å². The van der Waals surface area contributed by atoms with Gasteiger partial charge in [0.05, 0.1) is 23.2 Å². The van der Waals surface area contributed by atoms with Crippen molar-refractivity contribution in [3.63, 3.8) is 0 Å². The molecule has 2 aliphatic carbocycles. The molecule has 0 bridgehead atoms. The third-order valence-corrected chi connectivity index (χ3v) is 8.33. The number of fused-ring (bicyclic) bond motifs is 1. The quantitative estimate of drug-likeness (QED) is 0.272. The van der Waals surface area contributed by atoms with E-state index in [4.69, 9.17) is 16.3 Å². The highest BCUT2D eigenvalue weighted by Gasteiger charge is 2.43. The predicted octanol–water partition coefficient (Wildman–Crippen LogP) is 7.17. The van der Waals surface area contributed by atoms with Crippen molar-refractivity contribution in [1.82, 2.24) is 5.32 Å². The molecule has 0 unspecified atom stereocenters. The number of hydrogen-bond acceptors (Lipinski definition) is 5. The van der Waals surface area contributed by atoms with Gasteiger partial charge in [-0.05, 0) is 76.0 Å². The van der Waals surface area contributed by atoms with Gasteiger partial charge < -0.3 is 15.4 Å². The minimum Gasteiger partial charge on any atom is -0.460 e. The van der Waals surface area contributed by atoms with E-state index in [1.54, 1.807) is 45.0 Å². The second-order valence-electron chi connectivity index (χ2n) is 13.0. The summed E-state index contributed by atoms with van der Waals surface area (Å²) in [5, 5.41) is 6.05. The van der Waals surface area contributed by atoms with E-state index in [0.717, 1.165) is 31.2 Å². The first-order valence-electron chi connectivity index (χ1n) is 15.1. The van der Waals surface area contributed by atoms with Crippen molar-refractivity contribution in [2.75, 3.05) is 5.32 Å². The first-order valence-corrected chi connectivity index (χ1v) is 15.4. The Morgan fingerprint density at radius 3 is 2.32 bits per heavy atom. The third kappa shape index (κ3) is 8.20. The van der Waals surface area contributed by atoms with Crippen molar-refractivity contribution in [1.29, 1.82) is 0 Å². The van der Waals surface area contributed by atoms with E-state index < -0.39 is 60.4 Å². The summed E-state index contributed by atoms with van der Waals surface area (Å²) < 4.78 is 45.9. The number of alkyl halides is 3. The van der Waals surface area contributed by atoms with Crippen LogP contribution in [0.25, 0.3) is 0 Å². The molecule has 5 rings (SSSR count). The van der Waals surface area contributed by atoms with Gasteiger partial charge in [0.25, 0.3) is 5.91 Å². The topological polar surface area (TPSA) is 96.9 Å². The molecule has 2 fully saturated rings. The first-order chi connectivity index (χ1) is 20.7. The third-order valence-electron chi connectivity index (χ3n) is 8.08. The Kier molecular flexibility index (Phi) is 9.12. The van der Waals surface area contributed by atoms with Crippen LogP contribution in [0.3, 0.4) is 0 Å². The fraction of sp³-hybridized carbons (Fsp3) is 0.515. The lowest BCUT2D eigenvalue weighted by molar-refractivity contribution is -0.167. The van der Waals surface area contributed by atoms with Crippen LogP contribution in [-0.2, 0) is 19.1 Å². The lowest BCUT2D eigenvalue weighted by Gasteiger charge is -2.29. The molecule has 236 valence electrons. The maximum absolute atomic E-state index is 13.9. The second-order valence-corrected chi connectivity index (χ2v) is 13.4. The number of anilines is 1. The Morgan fingerprint density at radius 2 is 1.73 bits per heavy atom. The molecule has 0 aromatic heterocycles. The van der Waals surface area contributed by atoms with Crippen LogP contribution < -0.4 is 10.6 Å². The van der Waals surface area contributed by atoms with Crippen molar-refractivity contribution < 1.29 is 32.3 Å². The molecule has 0 saturated heterocycles. The van der Waals surface area contributed by atoms with Crippen LogP contribution >= 0.6 is 11.6 Å². The zero-order valence-electron chi connectivity index (χ0n) is 25.0. The van der Waals surface area contributed by atoms with Gasteiger partial charge in [-0.1, -0.05) is 54.8 Å². The molecule has 3 atom stereocenters. The van der Waals surface area contributed by atoms with E-state index >= 15 is 0 Å². The van der Waals surface area contributed by atoms with Crippen LogP contribution in [-0.4, -0.2) is 41.4 Å². The number of esters is 1. The second kappa shape index (κ2) is 12.5. The van der Waals surface area contributed by atoms with Crippen LogP contribution in [0.4, 0.5) is 18.9 Å². The number of benzene rings is 2. The molecular formula is C33H37ClF3N3O4. The van der Waals surface area contributed by atoms with Crippen LogP contribution in [0.15, 0.2) is 47.5 Å². The Hall–Kier alpha value is -3.40.